The van der Waals surface area contributed by atoms with Gasteiger partial charge in [0.25, 0.3) is 0 Å². The van der Waals surface area contributed by atoms with Gasteiger partial charge < -0.3 is 5.32 Å². The summed E-state index contributed by atoms with van der Waals surface area (Å²) in [5, 5.41) is 4.06. The molecule has 28 heavy (non-hydrogen) atoms. The number of thiazole rings is 1. The summed E-state index contributed by atoms with van der Waals surface area (Å²) in [6, 6.07) is 14.3. The van der Waals surface area contributed by atoms with Crippen molar-refractivity contribution in [2.45, 2.75) is 30.8 Å². The molecule has 0 aliphatic carbocycles. The lowest BCUT2D eigenvalue weighted by atomic mass is 10.1. The number of amides is 1. The molecule has 1 amide bonds. The van der Waals surface area contributed by atoms with E-state index in [1.54, 1.807) is 18.0 Å². The van der Waals surface area contributed by atoms with E-state index in [-0.39, 0.29) is 5.91 Å². The molecule has 0 saturated carbocycles. The van der Waals surface area contributed by atoms with Gasteiger partial charge in [-0.1, -0.05) is 35.1 Å². The molecule has 0 saturated heterocycles. The van der Waals surface area contributed by atoms with Crippen LogP contribution in [0.15, 0.2) is 58.7 Å². The minimum Gasteiger partial charge on any atom is -0.302 e. The van der Waals surface area contributed by atoms with Gasteiger partial charge in [0.1, 0.15) is 0 Å². The van der Waals surface area contributed by atoms with Crippen molar-refractivity contribution in [2.24, 2.45) is 0 Å². The fourth-order valence-corrected chi connectivity index (χ4v) is 4.61. The fourth-order valence-electron chi connectivity index (χ4n) is 2.85. The molecular weight excluding hydrogens is 388 g/mol. The molecule has 4 rings (SSSR count). The molecule has 0 spiro atoms. The number of nitrogens with one attached hydrogen (secondary N) is 1. The third kappa shape index (κ3) is 4.05. The highest BCUT2D eigenvalue weighted by atomic mass is 32.2. The van der Waals surface area contributed by atoms with Crippen LogP contribution in [0.3, 0.4) is 0 Å². The van der Waals surface area contributed by atoms with Crippen LogP contribution < -0.4 is 5.32 Å². The molecule has 1 N–H and O–H groups in total. The van der Waals surface area contributed by atoms with Gasteiger partial charge in [-0.05, 0) is 55.4 Å². The molecule has 4 aromatic rings. The lowest BCUT2D eigenvalue weighted by molar-refractivity contribution is -0.114. The predicted molar refractivity (Wildman–Crippen MR) is 115 cm³/mol. The maximum absolute atomic E-state index is 11.2. The van der Waals surface area contributed by atoms with Crippen molar-refractivity contribution in [3.8, 4) is 11.3 Å². The number of hydrogen-bond donors (Lipinski definition) is 1. The average Bonchev–Trinajstić information content (AvgIpc) is 3.05. The molecule has 2 aromatic heterocycles. The maximum Gasteiger partial charge on any atom is 0.223 e. The van der Waals surface area contributed by atoms with Crippen molar-refractivity contribution in [2.75, 3.05) is 5.32 Å². The third-order valence-corrected chi connectivity index (χ3v) is 6.12. The number of aryl methyl sites for hydroxylation is 2. The topological polar surface area (TPSA) is 67.8 Å². The van der Waals surface area contributed by atoms with E-state index in [1.165, 1.54) is 29.4 Å². The van der Waals surface area contributed by atoms with Crippen LogP contribution in [-0.4, -0.2) is 20.9 Å². The zero-order valence-electron chi connectivity index (χ0n) is 15.7. The van der Waals surface area contributed by atoms with E-state index < -0.39 is 0 Å². The van der Waals surface area contributed by atoms with Crippen LogP contribution in [0.25, 0.3) is 21.5 Å². The average molecular weight is 407 g/mol. The Labute approximate surface area is 171 Å². The number of carbonyl (C=O) groups excluding carboxylic acids is 1. The van der Waals surface area contributed by atoms with E-state index in [0.29, 0.717) is 10.3 Å². The van der Waals surface area contributed by atoms with Crippen LogP contribution in [0.5, 0.6) is 0 Å². The van der Waals surface area contributed by atoms with Gasteiger partial charge >= 0.3 is 0 Å². The van der Waals surface area contributed by atoms with E-state index in [4.69, 9.17) is 4.98 Å². The summed E-state index contributed by atoms with van der Waals surface area (Å²) < 4.78 is 1.00. The van der Waals surface area contributed by atoms with Gasteiger partial charge in [0.15, 0.2) is 10.3 Å². The predicted octanol–water partition coefficient (Wildman–Crippen LogP) is 5.48. The minimum atomic E-state index is -0.122. The van der Waals surface area contributed by atoms with Gasteiger partial charge in [-0.3, -0.25) is 4.79 Å². The first-order valence-electron chi connectivity index (χ1n) is 8.74. The van der Waals surface area contributed by atoms with Gasteiger partial charge in [0.2, 0.25) is 5.91 Å². The molecule has 0 aliphatic heterocycles. The second-order valence-electron chi connectivity index (χ2n) is 6.48. The largest absolute Gasteiger partial charge is 0.302 e. The van der Waals surface area contributed by atoms with Gasteiger partial charge in [0, 0.05) is 23.6 Å². The Morgan fingerprint density at radius 3 is 2.71 bits per heavy atom. The highest BCUT2D eigenvalue weighted by molar-refractivity contribution is 7.99. The van der Waals surface area contributed by atoms with Gasteiger partial charge in [-0.25, -0.2) is 15.0 Å². The second-order valence-corrected chi connectivity index (χ2v) is 8.52. The molecular formula is C21H18N4OS2. The number of carbonyl (C=O) groups is 1. The van der Waals surface area contributed by atoms with Crippen LogP contribution in [0.2, 0.25) is 0 Å². The summed E-state index contributed by atoms with van der Waals surface area (Å²) in [6.07, 6.45) is 1.79. The third-order valence-electron chi connectivity index (χ3n) is 4.13. The highest BCUT2D eigenvalue weighted by Crippen LogP contribution is 2.32. The monoisotopic (exact) mass is 406 g/mol. The summed E-state index contributed by atoms with van der Waals surface area (Å²) in [6.45, 7) is 5.67. The summed E-state index contributed by atoms with van der Waals surface area (Å²) in [7, 11) is 0. The molecule has 0 radical (unpaired) electrons. The van der Waals surface area contributed by atoms with Crippen LogP contribution in [0, 0.1) is 13.8 Å². The first-order chi connectivity index (χ1) is 13.5. The Bertz CT molecular complexity index is 1190. The Kier molecular flexibility index (Phi) is 5.11. The van der Waals surface area contributed by atoms with Gasteiger partial charge in [-0.2, -0.15) is 0 Å². The molecule has 140 valence electrons. The first-order valence-corrected chi connectivity index (χ1v) is 10.4. The Morgan fingerprint density at radius 2 is 1.93 bits per heavy atom. The van der Waals surface area contributed by atoms with E-state index in [0.717, 1.165) is 26.4 Å². The van der Waals surface area contributed by atoms with E-state index in [1.807, 2.05) is 24.3 Å². The highest BCUT2D eigenvalue weighted by Gasteiger charge is 2.10. The summed E-state index contributed by atoms with van der Waals surface area (Å²) in [5.41, 5.74) is 5.18. The number of fused-ring (bicyclic) bond motifs is 1. The number of hydrogen-bond acceptors (Lipinski definition) is 6. The normalized spacial score (nSPS) is 11.0. The number of anilines is 1. The van der Waals surface area contributed by atoms with E-state index >= 15 is 0 Å². The van der Waals surface area contributed by atoms with Crippen molar-refractivity contribution in [3.05, 3.63) is 59.8 Å². The summed E-state index contributed by atoms with van der Waals surface area (Å²) >= 11 is 3.02. The minimum absolute atomic E-state index is 0.122. The second kappa shape index (κ2) is 7.69. The number of nitrogens with zero attached hydrogens (tertiary/aromatic N) is 3. The van der Waals surface area contributed by atoms with Crippen molar-refractivity contribution in [3.63, 3.8) is 0 Å². The Balaban J connectivity index is 1.64. The number of rotatable bonds is 4. The Morgan fingerprint density at radius 1 is 1.07 bits per heavy atom. The smallest absolute Gasteiger partial charge is 0.223 e. The summed E-state index contributed by atoms with van der Waals surface area (Å²) in [4.78, 5) is 26.0. The molecule has 0 atom stereocenters. The fraction of sp³-hybridized carbons (Fsp3) is 0.143. The van der Waals surface area contributed by atoms with Gasteiger partial charge in [-0.15, -0.1) is 0 Å². The van der Waals surface area contributed by atoms with Crippen LogP contribution in [-0.2, 0) is 4.79 Å². The first kappa shape index (κ1) is 18.6. The van der Waals surface area contributed by atoms with Crippen molar-refractivity contribution >= 4 is 44.4 Å². The summed E-state index contributed by atoms with van der Waals surface area (Å²) in [5.74, 6) is -0.122. The van der Waals surface area contributed by atoms with E-state index in [2.05, 4.69) is 47.3 Å². The van der Waals surface area contributed by atoms with Crippen LogP contribution >= 0.6 is 23.1 Å². The Hall–Kier alpha value is -2.77. The zero-order valence-corrected chi connectivity index (χ0v) is 17.3. The molecule has 5 nitrogen and oxygen atoms in total. The lowest BCUT2D eigenvalue weighted by Gasteiger charge is -2.07. The lowest BCUT2D eigenvalue weighted by Crippen LogP contribution is -2.04. The van der Waals surface area contributed by atoms with Gasteiger partial charge in [0.05, 0.1) is 15.9 Å². The molecule has 0 aliphatic rings. The maximum atomic E-state index is 11.2. The zero-order chi connectivity index (χ0) is 19.7. The number of aromatic nitrogens is 3. The van der Waals surface area contributed by atoms with Crippen molar-refractivity contribution < 1.29 is 4.79 Å². The molecule has 2 aromatic carbocycles. The molecule has 0 bridgehead atoms. The molecule has 0 fully saturated rings. The van der Waals surface area contributed by atoms with Crippen LogP contribution in [0.4, 0.5) is 5.13 Å². The molecule has 7 heteroatoms. The van der Waals surface area contributed by atoms with Crippen molar-refractivity contribution in [1.82, 2.24) is 15.0 Å². The molecule has 2 heterocycles. The van der Waals surface area contributed by atoms with E-state index in [9.17, 15) is 4.79 Å². The molecule has 0 unspecified atom stereocenters. The standard InChI is InChI=1S/C21H18N4OS2/c1-12-4-7-18(13(2)10-12)27-20-22-9-8-16(24-20)15-5-6-17-19(11-15)28-21(25-17)23-14(3)26/h4-11H,1-3H3,(H,23,25,26). The number of benzene rings is 2. The SMILES string of the molecule is CC(=O)Nc1nc2ccc(-c3ccnc(Sc4ccc(C)cc4C)n3)cc2s1. The quantitative estimate of drug-likeness (QED) is 0.455. The van der Waals surface area contributed by atoms with Crippen LogP contribution in [0.1, 0.15) is 18.1 Å². The van der Waals surface area contributed by atoms with Crippen molar-refractivity contribution in [1.29, 1.82) is 0 Å².